The predicted molar refractivity (Wildman–Crippen MR) is 178 cm³/mol. The first-order chi connectivity index (χ1) is 23.3. The minimum absolute atomic E-state index is 0.0430. The number of nitrogens with one attached hydrogen (secondary N) is 2. The third-order valence-corrected chi connectivity index (χ3v) is 9.70. The molecule has 17 nitrogen and oxygen atoms in total. The first-order valence-electron chi connectivity index (χ1n) is 16.8. The van der Waals surface area contributed by atoms with E-state index in [0.29, 0.717) is 50.8 Å². The van der Waals surface area contributed by atoms with Gasteiger partial charge in [0.1, 0.15) is 24.2 Å². The molecule has 0 bridgehead atoms. The predicted octanol–water partition coefficient (Wildman–Crippen LogP) is -0.257. The Bertz CT molecular complexity index is 1430. The number of rotatable bonds is 14. The molecule has 3 fully saturated rings. The summed E-state index contributed by atoms with van der Waals surface area (Å²) in [5, 5.41) is 25.7. The molecule has 2 aliphatic heterocycles. The zero-order chi connectivity index (χ0) is 35.8. The molecule has 2 saturated heterocycles. The van der Waals surface area contributed by atoms with Crippen molar-refractivity contribution in [2.24, 2.45) is 28.1 Å². The molecule has 0 radical (unpaired) electrons. The van der Waals surface area contributed by atoms with Gasteiger partial charge in [0.05, 0.1) is 11.0 Å². The highest BCUT2D eigenvalue weighted by molar-refractivity contribution is 5.96. The van der Waals surface area contributed by atoms with Gasteiger partial charge in [-0.15, -0.1) is 0 Å². The van der Waals surface area contributed by atoms with Crippen LogP contribution in [0.15, 0.2) is 29.3 Å². The summed E-state index contributed by atoms with van der Waals surface area (Å²) in [5.41, 5.74) is 17.4. The molecule has 1 aromatic rings. The highest BCUT2D eigenvalue weighted by atomic mass is 16.6. The van der Waals surface area contributed by atoms with Crippen molar-refractivity contribution in [3.05, 3.63) is 39.9 Å². The Kier molecular flexibility index (Phi) is 12.5. The summed E-state index contributed by atoms with van der Waals surface area (Å²) >= 11 is 0. The molecule has 4 amide bonds. The van der Waals surface area contributed by atoms with E-state index in [-0.39, 0.29) is 41.8 Å². The lowest BCUT2D eigenvalue weighted by atomic mass is 9.84. The molecular weight excluding hydrogens is 638 g/mol. The molecule has 9 N–H and O–H groups in total. The molecule has 2 heterocycles. The first kappa shape index (κ1) is 37.0. The summed E-state index contributed by atoms with van der Waals surface area (Å²) in [5.74, 6) is -3.12. The van der Waals surface area contributed by atoms with Crippen molar-refractivity contribution in [1.82, 2.24) is 20.4 Å². The van der Waals surface area contributed by atoms with Gasteiger partial charge in [0.15, 0.2) is 5.96 Å². The normalized spacial score (nSPS) is 23.5. The fraction of sp³-hybridized carbons (Fsp3) is 0.625. The number of nitro groups is 1. The minimum atomic E-state index is -1.36. The molecule has 0 spiro atoms. The number of carbonyl (C=O) groups excluding carboxylic acids is 4. The van der Waals surface area contributed by atoms with Crippen molar-refractivity contribution in [3.63, 3.8) is 0 Å². The Labute approximate surface area is 284 Å². The Balaban J connectivity index is 1.39. The van der Waals surface area contributed by atoms with Crippen LogP contribution in [0.25, 0.3) is 0 Å². The highest BCUT2D eigenvalue weighted by Crippen LogP contribution is 2.41. The maximum atomic E-state index is 14.1. The van der Waals surface area contributed by atoms with Gasteiger partial charge in [-0.05, 0) is 63.4 Å². The molecule has 17 heteroatoms. The number of nitrogens with zero attached hydrogens (tertiary/aromatic N) is 4. The fourth-order valence-corrected chi connectivity index (χ4v) is 7.19. The van der Waals surface area contributed by atoms with Crippen LogP contribution in [-0.4, -0.2) is 105 Å². The largest absolute Gasteiger partial charge is 0.480 e. The molecule has 268 valence electrons. The van der Waals surface area contributed by atoms with E-state index in [9.17, 15) is 39.2 Å². The summed E-state index contributed by atoms with van der Waals surface area (Å²) in [7, 11) is 0. The number of hydrogen-bond acceptors (Lipinski definition) is 9. The van der Waals surface area contributed by atoms with E-state index in [0.717, 1.165) is 25.7 Å². The van der Waals surface area contributed by atoms with Gasteiger partial charge in [0, 0.05) is 37.7 Å². The Hall–Kier alpha value is -4.80. The molecular formula is C32H47N9O8. The molecule has 4 rings (SSSR count). The van der Waals surface area contributed by atoms with Gasteiger partial charge in [-0.2, -0.15) is 0 Å². The highest BCUT2D eigenvalue weighted by Gasteiger charge is 2.51. The topological polar surface area (TPSA) is 270 Å². The molecule has 7 atom stereocenters. The second-order valence-corrected chi connectivity index (χ2v) is 13.1. The summed E-state index contributed by atoms with van der Waals surface area (Å²) in [6, 6.07) is 0.255. The smallest absolute Gasteiger partial charge is 0.326 e. The minimum Gasteiger partial charge on any atom is -0.480 e. The van der Waals surface area contributed by atoms with Gasteiger partial charge in [0.2, 0.25) is 23.6 Å². The lowest BCUT2D eigenvalue weighted by Crippen LogP contribution is -2.58. The van der Waals surface area contributed by atoms with Crippen molar-refractivity contribution in [2.45, 2.75) is 107 Å². The molecule has 0 aromatic heterocycles. The fourth-order valence-electron chi connectivity index (χ4n) is 7.19. The van der Waals surface area contributed by atoms with Crippen LogP contribution in [0.4, 0.5) is 5.69 Å². The maximum Gasteiger partial charge on any atom is 0.326 e. The van der Waals surface area contributed by atoms with Crippen LogP contribution in [0.5, 0.6) is 0 Å². The number of carboxylic acids is 1. The van der Waals surface area contributed by atoms with Crippen molar-refractivity contribution in [3.8, 4) is 0 Å². The van der Waals surface area contributed by atoms with Gasteiger partial charge in [0.25, 0.3) is 5.69 Å². The lowest BCUT2D eigenvalue weighted by molar-refractivity contribution is -0.384. The number of aliphatic carboxylic acids is 1. The average Bonchev–Trinajstić information content (AvgIpc) is 3.71. The number of non-ortho nitro benzene ring substituents is 1. The number of guanidine groups is 1. The van der Waals surface area contributed by atoms with Crippen LogP contribution in [0.3, 0.4) is 0 Å². The van der Waals surface area contributed by atoms with Gasteiger partial charge < -0.3 is 42.7 Å². The van der Waals surface area contributed by atoms with Gasteiger partial charge >= 0.3 is 5.97 Å². The van der Waals surface area contributed by atoms with Crippen molar-refractivity contribution < 1.29 is 34.0 Å². The number of aliphatic imine (C=N–C) groups is 1. The average molecular weight is 686 g/mol. The van der Waals surface area contributed by atoms with Crippen molar-refractivity contribution in [1.29, 1.82) is 0 Å². The van der Waals surface area contributed by atoms with E-state index >= 15 is 0 Å². The monoisotopic (exact) mass is 685 g/mol. The van der Waals surface area contributed by atoms with Crippen LogP contribution >= 0.6 is 0 Å². The lowest BCUT2D eigenvalue weighted by Gasteiger charge is -2.37. The van der Waals surface area contributed by atoms with E-state index in [4.69, 9.17) is 17.2 Å². The van der Waals surface area contributed by atoms with Gasteiger partial charge in [-0.3, -0.25) is 34.3 Å². The van der Waals surface area contributed by atoms with Crippen LogP contribution in [-0.2, 0) is 30.4 Å². The maximum absolute atomic E-state index is 14.1. The van der Waals surface area contributed by atoms with Crippen molar-refractivity contribution >= 4 is 41.2 Å². The zero-order valence-corrected chi connectivity index (χ0v) is 27.7. The van der Waals surface area contributed by atoms with Crippen LogP contribution in [0.1, 0.15) is 70.3 Å². The first-order valence-corrected chi connectivity index (χ1v) is 16.8. The van der Waals surface area contributed by atoms with Crippen molar-refractivity contribution in [2.75, 3.05) is 13.1 Å². The molecule has 1 saturated carbocycles. The molecule has 1 aromatic carbocycles. The van der Waals surface area contributed by atoms with E-state index in [1.165, 1.54) is 36.1 Å². The number of nitrogens with two attached hydrogens (primary N) is 3. The summed E-state index contributed by atoms with van der Waals surface area (Å²) in [6.07, 6.45) is 5.74. The molecule has 3 aliphatic rings. The third kappa shape index (κ3) is 9.22. The van der Waals surface area contributed by atoms with E-state index in [1.54, 1.807) is 4.90 Å². The van der Waals surface area contributed by atoms with Crippen LogP contribution in [0.2, 0.25) is 0 Å². The number of likely N-dealkylation sites (tertiary alicyclic amines) is 2. The van der Waals surface area contributed by atoms with Gasteiger partial charge in [-0.1, -0.05) is 25.0 Å². The second kappa shape index (κ2) is 16.5. The summed E-state index contributed by atoms with van der Waals surface area (Å²) in [6.45, 7) is 2.05. The number of carbonyl (C=O) groups is 5. The van der Waals surface area contributed by atoms with Gasteiger partial charge in [-0.25, -0.2) is 4.79 Å². The summed E-state index contributed by atoms with van der Waals surface area (Å²) in [4.78, 5) is 83.7. The van der Waals surface area contributed by atoms with E-state index in [1.807, 2.05) is 0 Å². The third-order valence-electron chi connectivity index (χ3n) is 9.70. The molecule has 0 unspecified atom stereocenters. The molecule has 1 aliphatic carbocycles. The second-order valence-electron chi connectivity index (χ2n) is 13.1. The number of carboxylic acid groups (broad SMARTS) is 1. The number of benzene rings is 1. The SMILES string of the molecule is C[C@@H](NC(=O)[C@@H]1CCCN1C(=O)[C@@H]1C[C@@H]2CCCC[C@@H]2N1C(=O)[C@H](N)CCCN=C(N)N)C(=O)N[C@@H](Cc1ccc([N+](=O)[O-])cc1)C(=O)O. The van der Waals surface area contributed by atoms with E-state index in [2.05, 4.69) is 15.6 Å². The van der Waals surface area contributed by atoms with E-state index < -0.39 is 52.9 Å². The summed E-state index contributed by atoms with van der Waals surface area (Å²) < 4.78 is 0. The Morgan fingerprint density at radius 2 is 1.73 bits per heavy atom. The molecule has 49 heavy (non-hydrogen) atoms. The number of amides is 4. The number of fused-ring (bicyclic) bond motifs is 1. The number of nitro benzene ring substituents is 1. The zero-order valence-electron chi connectivity index (χ0n) is 27.7. The standard InChI is InChI=1S/C32H47N9O8/c1-18(27(42)38-23(31(46)47)16-19-10-12-21(13-11-19)41(48)49)37-28(43)25-9-5-15-39(25)30(45)26-17-20-6-2-3-8-24(20)40(26)29(44)22(33)7-4-14-36-32(34)35/h10-13,18,20,22-26H,2-9,14-17,33H2,1H3,(H,37,43)(H,38,42)(H,46,47)(H4,34,35,36)/t18-,20+,22-,23+,24+,25+,26+/m1/s1. The Morgan fingerprint density at radius 3 is 2.39 bits per heavy atom. The Morgan fingerprint density at radius 1 is 1.04 bits per heavy atom. The van der Waals surface area contributed by atoms with Crippen LogP contribution in [0, 0.1) is 16.0 Å². The number of hydrogen-bond donors (Lipinski definition) is 6. The van der Waals surface area contributed by atoms with Crippen LogP contribution < -0.4 is 27.8 Å². The quantitative estimate of drug-likeness (QED) is 0.0488.